The van der Waals surface area contributed by atoms with Crippen molar-refractivity contribution >= 4 is 11.9 Å². The average molecular weight is 142 g/mol. The zero-order valence-corrected chi connectivity index (χ0v) is 5.91. The van der Waals surface area contributed by atoms with Crippen LogP contribution in [0.5, 0.6) is 0 Å². The van der Waals surface area contributed by atoms with Crippen LogP contribution in [0.1, 0.15) is 11.1 Å². The number of nitriles is 1. The zero-order valence-electron chi connectivity index (χ0n) is 5.91. The summed E-state index contributed by atoms with van der Waals surface area (Å²) in [6.07, 6.45) is 2.77. The normalized spacial score (nSPS) is 12.6. The van der Waals surface area contributed by atoms with Gasteiger partial charge < -0.3 is 0 Å². The minimum absolute atomic E-state index is 0.683. The molecule has 11 heavy (non-hydrogen) atoms. The molecular formula is C9H6N2. The van der Waals surface area contributed by atoms with Gasteiger partial charge in [-0.2, -0.15) is 5.26 Å². The van der Waals surface area contributed by atoms with Gasteiger partial charge >= 0.3 is 0 Å². The Labute approximate surface area is 64.8 Å². The molecule has 1 heterocycles. The highest BCUT2D eigenvalue weighted by atomic mass is 14.7. The third kappa shape index (κ3) is 0.908. The lowest BCUT2D eigenvalue weighted by Gasteiger charge is -1.94. The lowest BCUT2D eigenvalue weighted by Crippen LogP contribution is -1.79. The van der Waals surface area contributed by atoms with Crippen LogP contribution in [-0.4, -0.2) is 6.21 Å². The van der Waals surface area contributed by atoms with Crippen molar-refractivity contribution in [3.8, 4) is 6.07 Å². The van der Waals surface area contributed by atoms with Crippen LogP contribution in [0.2, 0.25) is 0 Å². The standard InChI is InChI=1S/C9H6N2/c10-6-7-1-2-8-3-4-11-9(8)5-7/h1-2,4-5H,3H2. The number of nitrogens with zero attached hydrogens (tertiary/aromatic N) is 2. The molecule has 2 heteroatoms. The molecule has 1 aliphatic rings. The summed E-state index contributed by atoms with van der Waals surface area (Å²) in [6, 6.07) is 7.69. The SMILES string of the molecule is N#Cc1ccc2c(c1)N=CC2. The van der Waals surface area contributed by atoms with Gasteiger partial charge in [-0.1, -0.05) is 6.07 Å². The van der Waals surface area contributed by atoms with Crippen molar-refractivity contribution < 1.29 is 0 Å². The predicted octanol–water partition coefficient (Wildman–Crippen LogP) is 1.82. The lowest BCUT2D eigenvalue weighted by molar-refractivity contribution is 1.39. The number of fused-ring (bicyclic) bond motifs is 1. The molecule has 0 radical (unpaired) electrons. The zero-order chi connectivity index (χ0) is 7.68. The minimum atomic E-state index is 0.683. The first kappa shape index (κ1) is 6.11. The van der Waals surface area contributed by atoms with E-state index in [0.717, 1.165) is 12.1 Å². The number of hydrogen-bond acceptors (Lipinski definition) is 2. The van der Waals surface area contributed by atoms with Gasteiger partial charge in [-0.05, 0) is 17.7 Å². The fourth-order valence-corrected chi connectivity index (χ4v) is 1.17. The summed E-state index contributed by atoms with van der Waals surface area (Å²) < 4.78 is 0. The Morgan fingerprint density at radius 2 is 2.36 bits per heavy atom. The van der Waals surface area contributed by atoms with Gasteiger partial charge in [0.2, 0.25) is 0 Å². The van der Waals surface area contributed by atoms with Gasteiger partial charge in [0.05, 0.1) is 17.3 Å². The Hall–Kier alpha value is -1.62. The van der Waals surface area contributed by atoms with Crippen LogP contribution in [0.3, 0.4) is 0 Å². The van der Waals surface area contributed by atoms with Gasteiger partial charge in [0.15, 0.2) is 0 Å². The van der Waals surface area contributed by atoms with Crippen molar-refractivity contribution in [3.63, 3.8) is 0 Å². The van der Waals surface area contributed by atoms with E-state index in [1.165, 1.54) is 5.56 Å². The molecule has 0 N–H and O–H groups in total. The number of aliphatic imine (C=N–C) groups is 1. The number of benzene rings is 1. The van der Waals surface area contributed by atoms with Crippen LogP contribution in [0.25, 0.3) is 0 Å². The van der Waals surface area contributed by atoms with Gasteiger partial charge in [0, 0.05) is 12.6 Å². The molecule has 0 spiro atoms. The number of rotatable bonds is 0. The smallest absolute Gasteiger partial charge is 0.0992 e. The molecule has 0 fully saturated rings. The van der Waals surface area contributed by atoms with Gasteiger partial charge in [0.1, 0.15) is 0 Å². The Kier molecular flexibility index (Phi) is 1.23. The van der Waals surface area contributed by atoms with E-state index < -0.39 is 0 Å². The summed E-state index contributed by atoms with van der Waals surface area (Å²) in [7, 11) is 0. The largest absolute Gasteiger partial charge is 0.261 e. The van der Waals surface area contributed by atoms with Crippen LogP contribution in [0.15, 0.2) is 23.2 Å². The fourth-order valence-electron chi connectivity index (χ4n) is 1.17. The molecule has 0 unspecified atom stereocenters. The molecule has 52 valence electrons. The molecule has 0 bridgehead atoms. The Bertz CT molecular complexity index is 358. The highest BCUT2D eigenvalue weighted by Crippen LogP contribution is 2.24. The first-order valence-electron chi connectivity index (χ1n) is 3.46. The van der Waals surface area contributed by atoms with E-state index in [1.807, 2.05) is 24.4 Å². The van der Waals surface area contributed by atoms with E-state index in [9.17, 15) is 0 Å². The van der Waals surface area contributed by atoms with Crippen LogP contribution in [0, 0.1) is 11.3 Å². The van der Waals surface area contributed by atoms with E-state index in [1.54, 1.807) is 0 Å². The molecule has 1 aromatic rings. The van der Waals surface area contributed by atoms with Crippen molar-refractivity contribution in [2.45, 2.75) is 6.42 Å². The van der Waals surface area contributed by atoms with Gasteiger partial charge in [0.25, 0.3) is 0 Å². The Morgan fingerprint density at radius 3 is 3.18 bits per heavy atom. The van der Waals surface area contributed by atoms with Crippen molar-refractivity contribution in [1.29, 1.82) is 5.26 Å². The molecule has 0 amide bonds. The molecule has 1 aromatic carbocycles. The van der Waals surface area contributed by atoms with Crippen molar-refractivity contribution in [1.82, 2.24) is 0 Å². The predicted molar refractivity (Wildman–Crippen MR) is 43.0 cm³/mol. The van der Waals surface area contributed by atoms with Crippen molar-refractivity contribution in [3.05, 3.63) is 29.3 Å². The summed E-state index contributed by atoms with van der Waals surface area (Å²) in [5.74, 6) is 0. The summed E-state index contributed by atoms with van der Waals surface area (Å²) in [5, 5.41) is 8.57. The van der Waals surface area contributed by atoms with Gasteiger partial charge in [-0.3, -0.25) is 4.99 Å². The average Bonchev–Trinajstić information content (AvgIpc) is 2.50. The summed E-state index contributed by atoms with van der Waals surface area (Å²) in [6.45, 7) is 0. The van der Waals surface area contributed by atoms with E-state index in [4.69, 9.17) is 5.26 Å². The third-order valence-corrected chi connectivity index (χ3v) is 1.76. The second kappa shape index (κ2) is 2.21. The molecule has 2 rings (SSSR count). The van der Waals surface area contributed by atoms with E-state index in [0.29, 0.717) is 5.56 Å². The number of hydrogen-bond donors (Lipinski definition) is 0. The lowest BCUT2D eigenvalue weighted by atomic mass is 10.1. The van der Waals surface area contributed by atoms with E-state index in [2.05, 4.69) is 11.1 Å². The van der Waals surface area contributed by atoms with Crippen LogP contribution < -0.4 is 0 Å². The minimum Gasteiger partial charge on any atom is -0.261 e. The highest BCUT2D eigenvalue weighted by Gasteiger charge is 2.05. The molecular weight excluding hydrogens is 136 g/mol. The molecule has 0 aliphatic carbocycles. The van der Waals surface area contributed by atoms with Crippen molar-refractivity contribution in [2.75, 3.05) is 0 Å². The van der Waals surface area contributed by atoms with Crippen LogP contribution in [0.4, 0.5) is 5.69 Å². The highest BCUT2D eigenvalue weighted by molar-refractivity contribution is 5.76. The maximum atomic E-state index is 8.57. The van der Waals surface area contributed by atoms with Crippen LogP contribution in [-0.2, 0) is 6.42 Å². The van der Waals surface area contributed by atoms with Gasteiger partial charge in [-0.15, -0.1) is 0 Å². The third-order valence-electron chi connectivity index (χ3n) is 1.76. The first-order chi connectivity index (χ1) is 5.40. The van der Waals surface area contributed by atoms with E-state index in [-0.39, 0.29) is 0 Å². The molecule has 0 saturated heterocycles. The summed E-state index contributed by atoms with van der Waals surface area (Å²) in [5.41, 5.74) is 2.84. The second-order valence-corrected chi connectivity index (χ2v) is 2.47. The fraction of sp³-hybridized carbons (Fsp3) is 0.111. The molecule has 0 saturated carbocycles. The Balaban J connectivity index is 2.58. The van der Waals surface area contributed by atoms with Crippen molar-refractivity contribution in [2.24, 2.45) is 4.99 Å². The van der Waals surface area contributed by atoms with Crippen LogP contribution >= 0.6 is 0 Å². The maximum Gasteiger partial charge on any atom is 0.0992 e. The molecule has 0 atom stereocenters. The second-order valence-electron chi connectivity index (χ2n) is 2.47. The topological polar surface area (TPSA) is 36.1 Å². The summed E-state index contributed by atoms with van der Waals surface area (Å²) in [4.78, 5) is 4.13. The Morgan fingerprint density at radius 1 is 1.45 bits per heavy atom. The van der Waals surface area contributed by atoms with E-state index >= 15 is 0 Å². The summed E-state index contributed by atoms with van der Waals surface area (Å²) >= 11 is 0. The quantitative estimate of drug-likeness (QED) is 0.544. The maximum absolute atomic E-state index is 8.57. The molecule has 2 nitrogen and oxygen atoms in total. The van der Waals surface area contributed by atoms with Gasteiger partial charge in [-0.25, -0.2) is 0 Å². The molecule has 0 aromatic heterocycles. The molecule has 1 aliphatic heterocycles. The first-order valence-corrected chi connectivity index (χ1v) is 3.46. The monoisotopic (exact) mass is 142 g/mol.